The topological polar surface area (TPSA) is 78.6 Å². The standard InChI is InChI=1S/C19H29NO4/c1-15(9-7-5-3-4-6-8-10-18(20)21)24-19(22)16-11-13-17(23-2)14-12-16/h11-15H,3-10H2,1-2H3,(H2,20,21). The van der Waals surface area contributed by atoms with Crippen LogP contribution in [-0.2, 0) is 9.53 Å². The minimum Gasteiger partial charge on any atom is -0.497 e. The lowest BCUT2D eigenvalue weighted by Crippen LogP contribution is -2.15. The highest BCUT2D eigenvalue weighted by Gasteiger charge is 2.11. The van der Waals surface area contributed by atoms with E-state index in [1.54, 1.807) is 31.4 Å². The molecule has 5 nitrogen and oxygen atoms in total. The van der Waals surface area contributed by atoms with Crippen LogP contribution in [0.5, 0.6) is 5.75 Å². The van der Waals surface area contributed by atoms with E-state index < -0.39 is 0 Å². The van der Waals surface area contributed by atoms with Gasteiger partial charge < -0.3 is 15.2 Å². The van der Waals surface area contributed by atoms with Crippen LogP contribution in [0.4, 0.5) is 0 Å². The highest BCUT2D eigenvalue weighted by atomic mass is 16.5. The first-order chi connectivity index (χ1) is 11.5. The van der Waals surface area contributed by atoms with Crippen molar-refractivity contribution in [2.45, 2.75) is 64.4 Å². The highest BCUT2D eigenvalue weighted by Crippen LogP contribution is 2.15. The van der Waals surface area contributed by atoms with E-state index in [0.717, 1.165) is 50.7 Å². The summed E-state index contributed by atoms with van der Waals surface area (Å²) in [6.45, 7) is 1.92. The molecule has 1 rings (SSSR count). The smallest absolute Gasteiger partial charge is 0.338 e. The summed E-state index contributed by atoms with van der Waals surface area (Å²) in [5.74, 6) is 0.203. The number of primary amides is 1. The molecule has 0 aliphatic heterocycles. The largest absolute Gasteiger partial charge is 0.497 e. The molecule has 0 aliphatic carbocycles. The Labute approximate surface area is 144 Å². The van der Waals surface area contributed by atoms with Crippen LogP contribution in [0.15, 0.2) is 24.3 Å². The summed E-state index contributed by atoms with van der Waals surface area (Å²) in [6, 6.07) is 6.92. The molecule has 0 bridgehead atoms. The first-order valence-electron chi connectivity index (χ1n) is 8.66. The van der Waals surface area contributed by atoms with Crippen molar-refractivity contribution in [3.63, 3.8) is 0 Å². The monoisotopic (exact) mass is 335 g/mol. The van der Waals surface area contributed by atoms with Crippen LogP contribution in [0.1, 0.15) is 68.6 Å². The van der Waals surface area contributed by atoms with Gasteiger partial charge >= 0.3 is 5.97 Å². The number of hydrogen-bond donors (Lipinski definition) is 1. The van der Waals surface area contributed by atoms with Crippen LogP contribution in [0.25, 0.3) is 0 Å². The normalized spacial score (nSPS) is 11.8. The summed E-state index contributed by atoms with van der Waals surface area (Å²) in [7, 11) is 1.59. The number of hydrogen-bond acceptors (Lipinski definition) is 4. The summed E-state index contributed by atoms with van der Waals surface area (Å²) in [5.41, 5.74) is 5.64. The minimum absolute atomic E-state index is 0.0885. The van der Waals surface area contributed by atoms with Gasteiger partial charge in [-0.1, -0.05) is 25.7 Å². The lowest BCUT2D eigenvalue weighted by Gasteiger charge is -2.13. The summed E-state index contributed by atoms with van der Waals surface area (Å²) < 4.78 is 10.5. The second kappa shape index (κ2) is 11.5. The van der Waals surface area contributed by atoms with Crippen molar-refractivity contribution in [2.75, 3.05) is 7.11 Å². The fraction of sp³-hybridized carbons (Fsp3) is 0.579. The molecule has 134 valence electrons. The molecule has 0 saturated heterocycles. The van der Waals surface area contributed by atoms with Gasteiger partial charge in [-0.2, -0.15) is 0 Å². The third kappa shape index (κ3) is 8.56. The molecule has 0 fully saturated rings. The van der Waals surface area contributed by atoms with Crippen molar-refractivity contribution < 1.29 is 19.1 Å². The number of carbonyl (C=O) groups is 2. The zero-order valence-corrected chi connectivity index (χ0v) is 14.8. The zero-order chi connectivity index (χ0) is 17.8. The molecule has 0 saturated carbocycles. The lowest BCUT2D eigenvalue weighted by molar-refractivity contribution is -0.118. The number of amides is 1. The predicted octanol–water partition coefficient (Wildman–Crippen LogP) is 3.85. The maximum absolute atomic E-state index is 12.0. The molecule has 0 aliphatic rings. The maximum Gasteiger partial charge on any atom is 0.338 e. The molecule has 1 aromatic carbocycles. The summed E-state index contributed by atoms with van der Waals surface area (Å²) in [6.07, 6.45) is 7.59. The molecular weight excluding hydrogens is 306 g/mol. The van der Waals surface area contributed by atoms with E-state index in [0.29, 0.717) is 12.0 Å². The highest BCUT2D eigenvalue weighted by molar-refractivity contribution is 5.89. The Morgan fingerprint density at radius 1 is 1.00 bits per heavy atom. The van der Waals surface area contributed by atoms with Crippen molar-refractivity contribution in [2.24, 2.45) is 5.73 Å². The van der Waals surface area contributed by atoms with Gasteiger partial charge in [-0.25, -0.2) is 4.79 Å². The molecule has 0 aromatic heterocycles. The Balaban J connectivity index is 2.11. The van der Waals surface area contributed by atoms with Gasteiger partial charge in [0.25, 0.3) is 0 Å². The molecule has 1 amide bonds. The molecule has 5 heteroatoms. The summed E-state index contributed by atoms with van der Waals surface area (Å²) >= 11 is 0. The van der Waals surface area contributed by atoms with Crippen molar-refractivity contribution in [1.29, 1.82) is 0 Å². The molecule has 1 atom stereocenters. The number of esters is 1. The van der Waals surface area contributed by atoms with Gasteiger partial charge in [0, 0.05) is 6.42 Å². The Morgan fingerprint density at radius 2 is 1.58 bits per heavy atom. The maximum atomic E-state index is 12.0. The van der Waals surface area contributed by atoms with Gasteiger partial charge in [0.1, 0.15) is 5.75 Å². The Hall–Kier alpha value is -2.04. The molecular formula is C19H29NO4. The second-order valence-electron chi connectivity index (χ2n) is 6.07. The van der Waals surface area contributed by atoms with Crippen molar-refractivity contribution in [3.05, 3.63) is 29.8 Å². The van der Waals surface area contributed by atoms with Gasteiger partial charge in [0.2, 0.25) is 5.91 Å². The number of benzene rings is 1. The average molecular weight is 335 g/mol. The van der Waals surface area contributed by atoms with E-state index >= 15 is 0 Å². The molecule has 1 unspecified atom stereocenters. The third-order valence-electron chi connectivity index (χ3n) is 3.92. The van der Waals surface area contributed by atoms with E-state index in [9.17, 15) is 9.59 Å². The Bertz CT molecular complexity index is 499. The van der Waals surface area contributed by atoms with Gasteiger partial charge in [0.15, 0.2) is 0 Å². The van der Waals surface area contributed by atoms with Crippen molar-refractivity contribution >= 4 is 11.9 Å². The van der Waals surface area contributed by atoms with Gasteiger partial charge in [-0.15, -0.1) is 0 Å². The molecule has 0 radical (unpaired) electrons. The first kappa shape index (κ1) is 20.0. The number of methoxy groups -OCH3 is 1. The van der Waals surface area contributed by atoms with E-state index in [1.807, 2.05) is 6.92 Å². The fourth-order valence-electron chi connectivity index (χ4n) is 2.47. The van der Waals surface area contributed by atoms with Gasteiger partial charge in [0.05, 0.1) is 18.8 Å². The zero-order valence-electron chi connectivity index (χ0n) is 14.8. The van der Waals surface area contributed by atoms with E-state index in [1.165, 1.54) is 0 Å². The molecule has 2 N–H and O–H groups in total. The van der Waals surface area contributed by atoms with Crippen LogP contribution >= 0.6 is 0 Å². The van der Waals surface area contributed by atoms with Crippen molar-refractivity contribution in [3.8, 4) is 5.75 Å². The van der Waals surface area contributed by atoms with Crippen LogP contribution < -0.4 is 10.5 Å². The van der Waals surface area contributed by atoms with Crippen LogP contribution in [0, 0.1) is 0 Å². The number of rotatable bonds is 12. The third-order valence-corrected chi connectivity index (χ3v) is 3.92. The number of carbonyl (C=O) groups excluding carboxylic acids is 2. The first-order valence-corrected chi connectivity index (χ1v) is 8.66. The average Bonchev–Trinajstić information content (AvgIpc) is 2.57. The van der Waals surface area contributed by atoms with Gasteiger partial charge in [-0.05, 0) is 50.5 Å². The van der Waals surface area contributed by atoms with Crippen molar-refractivity contribution in [1.82, 2.24) is 0 Å². The minimum atomic E-state index is -0.295. The molecule has 0 spiro atoms. The predicted molar refractivity (Wildman–Crippen MR) is 94.0 cm³/mol. The lowest BCUT2D eigenvalue weighted by atomic mass is 10.1. The molecule has 0 heterocycles. The second-order valence-corrected chi connectivity index (χ2v) is 6.07. The molecule has 24 heavy (non-hydrogen) atoms. The SMILES string of the molecule is COc1ccc(C(=O)OC(C)CCCCCCCCC(N)=O)cc1. The number of nitrogens with two attached hydrogens (primary N) is 1. The van der Waals surface area contributed by atoms with Crippen LogP contribution in [-0.4, -0.2) is 25.1 Å². The van der Waals surface area contributed by atoms with E-state index in [4.69, 9.17) is 15.2 Å². The van der Waals surface area contributed by atoms with E-state index in [2.05, 4.69) is 0 Å². The van der Waals surface area contributed by atoms with Gasteiger partial charge in [-0.3, -0.25) is 4.79 Å². The number of ether oxygens (including phenoxy) is 2. The summed E-state index contributed by atoms with van der Waals surface area (Å²) in [5, 5.41) is 0. The Morgan fingerprint density at radius 3 is 2.17 bits per heavy atom. The number of unbranched alkanes of at least 4 members (excludes halogenated alkanes) is 5. The molecule has 1 aromatic rings. The van der Waals surface area contributed by atoms with Crippen LogP contribution in [0.3, 0.4) is 0 Å². The quantitative estimate of drug-likeness (QED) is 0.465. The van der Waals surface area contributed by atoms with Crippen LogP contribution in [0.2, 0.25) is 0 Å². The fourth-order valence-corrected chi connectivity index (χ4v) is 2.47. The summed E-state index contributed by atoms with van der Waals surface area (Å²) in [4.78, 5) is 22.6. The van der Waals surface area contributed by atoms with E-state index in [-0.39, 0.29) is 18.0 Å². The Kier molecular flexibility index (Phi) is 9.58.